The minimum atomic E-state index is -0.174. The van der Waals surface area contributed by atoms with Gasteiger partial charge in [0.1, 0.15) is 0 Å². The van der Waals surface area contributed by atoms with E-state index < -0.39 is 0 Å². The lowest BCUT2D eigenvalue weighted by Crippen LogP contribution is -2.53. The second-order valence-corrected chi connectivity index (χ2v) is 5.58. The predicted molar refractivity (Wildman–Crippen MR) is 82.0 cm³/mol. The van der Waals surface area contributed by atoms with Crippen molar-refractivity contribution in [3.8, 4) is 0 Å². The van der Waals surface area contributed by atoms with Gasteiger partial charge < -0.3 is 15.5 Å². The summed E-state index contributed by atoms with van der Waals surface area (Å²) in [6.45, 7) is 6.31. The van der Waals surface area contributed by atoms with Gasteiger partial charge in [0.2, 0.25) is 5.91 Å². The van der Waals surface area contributed by atoms with Gasteiger partial charge in [-0.3, -0.25) is 9.59 Å². The Labute approximate surface area is 125 Å². The Morgan fingerprint density at radius 2 is 2.10 bits per heavy atom. The molecule has 2 rings (SSSR count). The van der Waals surface area contributed by atoms with Gasteiger partial charge in [-0.1, -0.05) is 18.2 Å². The highest BCUT2D eigenvalue weighted by atomic mass is 16.2. The Bertz CT molecular complexity index is 490. The zero-order chi connectivity index (χ0) is 15.2. The molecular formula is C16H23N3O2. The molecule has 2 amide bonds. The van der Waals surface area contributed by atoms with Gasteiger partial charge >= 0.3 is 0 Å². The molecule has 1 aliphatic rings. The first-order valence-corrected chi connectivity index (χ1v) is 7.44. The number of nitrogens with one attached hydrogen (secondary N) is 2. The van der Waals surface area contributed by atoms with Crippen LogP contribution in [0.1, 0.15) is 30.6 Å². The van der Waals surface area contributed by atoms with E-state index in [2.05, 4.69) is 10.6 Å². The van der Waals surface area contributed by atoms with Crippen LogP contribution in [0.4, 0.5) is 0 Å². The van der Waals surface area contributed by atoms with Crippen LogP contribution in [0.5, 0.6) is 0 Å². The smallest absolute Gasteiger partial charge is 0.251 e. The molecule has 0 aromatic heterocycles. The van der Waals surface area contributed by atoms with E-state index in [1.165, 1.54) is 0 Å². The number of nitrogens with zero attached hydrogens (tertiary/aromatic N) is 1. The fourth-order valence-corrected chi connectivity index (χ4v) is 2.54. The average Bonchev–Trinajstić information content (AvgIpc) is 2.48. The Morgan fingerprint density at radius 1 is 1.38 bits per heavy atom. The van der Waals surface area contributed by atoms with Crippen LogP contribution in [0.15, 0.2) is 30.3 Å². The van der Waals surface area contributed by atoms with Crippen molar-refractivity contribution in [1.29, 1.82) is 0 Å². The van der Waals surface area contributed by atoms with E-state index in [1.807, 2.05) is 36.9 Å². The van der Waals surface area contributed by atoms with Crippen LogP contribution in [-0.2, 0) is 4.79 Å². The molecule has 1 heterocycles. The third kappa shape index (κ3) is 4.29. The van der Waals surface area contributed by atoms with Crippen LogP contribution in [-0.4, -0.2) is 48.4 Å². The van der Waals surface area contributed by atoms with E-state index in [1.54, 1.807) is 12.1 Å². The quantitative estimate of drug-likeness (QED) is 0.870. The molecule has 1 unspecified atom stereocenters. The Morgan fingerprint density at radius 3 is 2.76 bits per heavy atom. The SMILES string of the molecule is CC(CC(=O)N1CCNC[C@H]1C)NC(=O)c1ccccc1. The van der Waals surface area contributed by atoms with Gasteiger partial charge in [0, 0.05) is 43.7 Å². The maximum absolute atomic E-state index is 12.3. The Kier molecular flexibility index (Phi) is 5.33. The van der Waals surface area contributed by atoms with Crippen molar-refractivity contribution in [3.05, 3.63) is 35.9 Å². The predicted octanol–water partition coefficient (Wildman–Crippen LogP) is 1.02. The lowest BCUT2D eigenvalue weighted by molar-refractivity contribution is -0.134. The molecule has 1 fully saturated rings. The molecular weight excluding hydrogens is 266 g/mol. The van der Waals surface area contributed by atoms with Gasteiger partial charge in [-0.05, 0) is 26.0 Å². The number of hydrogen-bond donors (Lipinski definition) is 2. The molecule has 0 spiro atoms. The average molecular weight is 289 g/mol. The lowest BCUT2D eigenvalue weighted by Gasteiger charge is -2.34. The van der Waals surface area contributed by atoms with Gasteiger partial charge in [0.15, 0.2) is 0 Å². The summed E-state index contributed by atoms with van der Waals surface area (Å²) >= 11 is 0. The molecule has 1 saturated heterocycles. The molecule has 1 aliphatic heterocycles. The molecule has 1 aromatic rings. The van der Waals surface area contributed by atoms with E-state index in [4.69, 9.17) is 0 Å². The number of rotatable bonds is 4. The molecule has 2 atom stereocenters. The maximum atomic E-state index is 12.3. The minimum Gasteiger partial charge on any atom is -0.349 e. The second-order valence-electron chi connectivity index (χ2n) is 5.58. The molecule has 1 aromatic carbocycles. The van der Waals surface area contributed by atoms with Crippen molar-refractivity contribution in [2.75, 3.05) is 19.6 Å². The van der Waals surface area contributed by atoms with Crippen LogP contribution >= 0.6 is 0 Å². The molecule has 114 valence electrons. The standard InChI is InChI=1S/C16H23N3O2/c1-12(18-16(21)14-6-4-3-5-7-14)10-15(20)19-9-8-17-11-13(19)2/h3-7,12-13,17H,8-11H2,1-2H3,(H,18,21)/t12?,13-/m1/s1. The van der Waals surface area contributed by atoms with E-state index in [-0.39, 0.29) is 23.9 Å². The summed E-state index contributed by atoms with van der Waals surface area (Å²) in [6.07, 6.45) is 0.336. The largest absolute Gasteiger partial charge is 0.349 e. The van der Waals surface area contributed by atoms with E-state index in [9.17, 15) is 9.59 Å². The molecule has 2 N–H and O–H groups in total. The minimum absolute atomic E-state index is 0.102. The number of piperazine rings is 1. The molecule has 0 saturated carbocycles. The van der Waals surface area contributed by atoms with Crippen LogP contribution in [0.25, 0.3) is 0 Å². The molecule has 21 heavy (non-hydrogen) atoms. The van der Waals surface area contributed by atoms with Gasteiger partial charge in [0.25, 0.3) is 5.91 Å². The second kappa shape index (κ2) is 7.22. The zero-order valence-electron chi connectivity index (χ0n) is 12.6. The first-order valence-electron chi connectivity index (χ1n) is 7.44. The van der Waals surface area contributed by atoms with Crippen molar-refractivity contribution in [3.63, 3.8) is 0 Å². The first kappa shape index (κ1) is 15.5. The Balaban J connectivity index is 1.85. The molecule has 0 bridgehead atoms. The summed E-state index contributed by atoms with van der Waals surface area (Å²) < 4.78 is 0. The van der Waals surface area contributed by atoms with Gasteiger partial charge in [0.05, 0.1) is 0 Å². The van der Waals surface area contributed by atoms with E-state index in [0.29, 0.717) is 12.0 Å². The monoisotopic (exact) mass is 289 g/mol. The third-order valence-corrected chi connectivity index (χ3v) is 3.72. The third-order valence-electron chi connectivity index (χ3n) is 3.72. The van der Waals surface area contributed by atoms with Crippen molar-refractivity contribution < 1.29 is 9.59 Å². The normalized spacial score (nSPS) is 19.9. The fraction of sp³-hybridized carbons (Fsp3) is 0.500. The van der Waals surface area contributed by atoms with E-state index >= 15 is 0 Å². The fourth-order valence-electron chi connectivity index (χ4n) is 2.54. The van der Waals surface area contributed by atoms with Crippen LogP contribution < -0.4 is 10.6 Å². The van der Waals surface area contributed by atoms with Crippen LogP contribution in [0.3, 0.4) is 0 Å². The number of benzene rings is 1. The van der Waals surface area contributed by atoms with Crippen molar-refractivity contribution >= 4 is 11.8 Å². The first-order chi connectivity index (χ1) is 10.1. The van der Waals surface area contributed by atoms with Crippen molar-refractivity contribution in [1.82, 2.24) is 15.5 Å². The highest BCUT2D eigenvalue weighted by Crippen LogP contribution is 2.07. The van der Waals surface area contributed by atoms with Gasteiger partial charge in [-0.2, -0.15) is 0 Å². The highest BCUT2D eigenvalue weighted by molar-refractivity contribution is 5.94. The van der Waals surface area contributed by atoms with Crippen LogP contribution in [0.2, 0.25) is 0 Å². The topological polar surface area (TPSA) is 61.4 Å². The number of carbonyl (C=O) groups excluding carboxylic acids is 2. The van der Waals surface area contributed by atoms with E-state index in [0.717, 1.165) is 19.6 Å². The number of amides is 2. The van der Waals surface area contributed by atoms with Gasteiger partial charge in [-0.15, -0.1) is 0 Å². The van der Waals surface area contributed by atoms with Gasteiger partial charge in [-0.25, -0.2) is 0 Å². The molecule has 0 aliphatic carbocycles. The van der Waals surface area contributed by atoms with Crippen molar-refractivity contribution in [2.45, 2.75) is 32.4 Å². The summed E-state index contributed by atoms with van der Waals surface area (Å²) in [6, 6.07) is 9.09. The van der Waals surface area contributed by atoms with Crippen molar-refractivity contribution in [2.24, 2.45) is 0 Å². The molecule has 0 radical (unpaired) electrons. The maximum Gasteiger partial charge on any atom is 0.251 e. The van der Waals surface area contributed by atoms with Crippen LogP contribution in [0, 0.1) is 0 Å². The highest BCUT2D eigenvalue weighted by Gasteiger charge is 2.24. The number of hydrogen-bond acceptors (Lipinski definition) is 3. The Hall–Kier alpha value is -1.88. The summed E-state index contributed by atoms with van der Waals surface area (Å²) in [5.74, 6) is -0.0332. The molecule has 5 heteroatoms. The summed E-state index contributed by atoms with van der Waals surface area (Å²) in [5, 5.41) is 6.14. The molecule has 5 nitrogen and oxygen atoms in total. The summed E-state index contributed by atoms with van der Waals surface area (Å²) in [5.41, 5.74) is 0.618. The zero-order valence-corrected chi connectivity index (χ0v) is 12.6. The lowest BCUT2D eigenvalue weighted by atomic mass is 10.1. The summed E-state index contributed by atoms with van der Waals surface area (Å²) in [4.78, 5) is 26.2. The number of carbonyl (C=O) groups is 2. The summed E-state index contributed by atoms with van der Waals surface area (Å²) in [7, 11) is 0.